The monoisotopic (exact) mass is 573 g/mol. The highest BCUT2D eigenvalue weighted by atomic mass is 15.1. The smallest absolute Gasteiger partial charge is 0.145 e. The van der Waals surface area contributed by atoms with Crippen LogP contribution in [0.3, 0.4) is 0 Å². The predicted molar refractivity (Wildman–Crippen MR) is 188 cm³/mol. The molecule has 9 aromatic rings. The zero-order chi connectivity index (χ0) is 29.7. The first-order chi connectivity index (χ1) is 22.3. The lowest BCUT2D eigenvalue weighted by atomic mass is 9.85. The van der Waals surface area contributed by atoms with E-state index in [1.807, 2.05) is 30.6 Å². The Morgan fingerprint density at radius 3 is 1.67 bits per heavy atom. The molecule has 0 spiro atoms. The fraction of sp³-hybridized carbons (Fsp3) is 0. The molecule has 0 saturated heterocycles. The van der Waals surface area contributed by atoms with Crippen LogP contribution in [0.15, 0.2) is 164 Å². The first kappa shape index (κ1) is 25.4. The maximum atomic E-state index is 5.01. The maximum Gasteiger partial charge on any atom is 0.145 e. The molecule has 3 nitrogen and oxygen atoms in total. The van der Waals surface area contributed by atoms with Crippen LogP contribution in [0.1, 0.15) is 0 Å². The average Bonchev–Trinajstić information content (AvgIpc) is 3.51. The molecule has 45 heavy (non-hydrogen) atoms. The molecule has 0 amide bonds. The summed E-state index contributed by atoms with van der Waals surface area (Å²) in [5.41, 5.74) is 9.10. The van der Waals surface area contributed by atoms with Crippen molar-refractivity contribution in [1.82, 2.24) is 14.5 Å². The largest absolute Gasteiger partial charge is 0.292 e. The van der Waals surface area contributed by atoms with E-state index in [2.05, 4.69) is 143 Å². The highest BCUT2D eigenvalue weighted by Gasteiger charge is 2.18. The number of pyridine rings is 1. The number of aromatic nitrogens is 3. The Bertz CT molecular complexity index is 2470. The third-order valence-corrected chi connectivity index (χ3v) is 8.88. The highest BCUT2D eigenvalue weighted by molar-refractivity contribution is 6.21. The second-order valence-corrected chi connectivity index (χ2v) is 11.4. The summed E-state index contributed by atoms with van der Waals surface area (Å²) in [6.07, 6.45) is 3.64. The van der Waals surface area contributed by atoms with Crippen LogP contribution in [0, 0.1) is 0 Å². The van der Waals surface area contributed by atoms with Crippen molar-refractivity contribution < 1.29 is 0 Å². The molecular formula is C42H27N3. The summed E-state index contributed by atoms with van der Waals surface area (Å²) >= 11 is 0. The zero-order valence-electron chi connectivity index (χ0n) is 24.4. The van der Waals surface area contributed by atoms with Gasteiger partial charge in [0, 0.05) is 23.6 Å². The molecule has 0 atom stereocenters. The van der Waals surface area contributed by atoms with Crippen LogP contribution < -0.4 is 0 Å². The van der Waals surface area contributed by atoms with Gasteiger partial charge in [0.05, 0.1) is 11.0 Å². The summed E-state index contributed by atoms with van der Waals surface area (Å²) in [6, 6.07) is 54.4. The van der Waals surface area contributed by atoms with Gasteiger partial charge in [-0.15, -0.1) is 0 Å². The summed E-state index contributed by atoms with van der Waals surface area (Å²) in [5, 5.41) is 7.51. The molecule has 0 aliphatic carbocycles. The topological polar surface area (TPSA) is 30.7 Å². The van der Waals surface area contributed by atoms with E-state index >= 15 is 0 Å². The molecule has 3 heteroatoms. The van der Waals surface area contributed by atoms with Gasteiger partial charge in [0.25, 0.3) is 0 Å². The molecule has 0 bridgehead atoms. The Morgan fingerprint density at radius 2 is 0.978 bits per heavy atom. The molecule has 0 saturated carbocycles. The SMILES string of the molecule is c1ccc2cc(-c3c4ccccc4c(-c4ccc(-n5c(-c6ccncc6)nc6ccccc65)cc4)c4ccccc34)ccc2c1. The highest BCUT2D eigenvalue weighted by Crippen LogP contribution is 2.44. The van der Waals surface area contributed by atoms with Crippen molar-refractivity contribution in [2.45, 2.75) is 0 Å². The number of hydrogen-bond acceptors (Lipinski definition) is 2. The van der Waals surface area contributed by atoms with Gasteiger partial charge in [0.2, 0.25) is 0 Å². The van der Waals surface area contributed by atoms with Crippen molar-refractivity contribution in [1.29, 1.82) is 0 Å². The quantitative estimate of drug-likeness (QED) is 0.196. The number of hydrogen-bond donors (Lipinski definition) is 0. The van der Waals surface area contributed by atoms with Crippen molar-refractivity contribution in [3.05, 3.63) is 164 Å². The van der Waals surface area contributed by atoms with E-state index in [4.69, 9.17) is 4.98 Å². The van der Waals surface area contributed by atoms with Crippen molar-refractivity contribution in [3.63, 3.8) is 0 Å². The molecule has 0 aliphatic heterocycles. The van der Waals surface area contributed by atoms with Gasteiger partial charge >= 0.3 is 0 Å². The first-order valence-corrected chi connectivity index (χ1v) is 15.2. The van der Waals surface area contributed by atoms with Crippen molar-refractivity contribution >= 4 is 43.4 Å². The minimum atomic E-state index is 0.905. The minimum absolute atomic E-state index is 0.905. The molecule has 7 aromatic carbocycles. The van der Waals surface area contributed by atoms with Crippen LogP contribution in [0.2, 0.25) is 0 Å². The molecule has 0 unspecified atom stereocenters. The van der Waals surface area contributed by atoms with Crippen molar-refractivity contribution in [2.75, 3.05) is 0 Å². The second-order valence-electron chi connectivity index (χ2n) is 11.4. The lowest BCUT2D eigenvalue weighted by molar-refractivity contribution is 1.10. The van der Waals surface area contributed by atoms with Gasteiger partial charge < -0.3 is 0 Å². The van der Waals surface area contributed by atoms with Gasteiger partial charge in [0.15, 0.2) is 0 Å². The number of rotatable bonds is 4. The Morgan fingerprint density at radius 1 is 0.422 bits per heavy atom. The minimum Gasteiger partial charge on any atom is -0.292 e. The molecule has 210 valence electrons. The summed E-state index contributed by atoms with van der Waals surface area (Å²) in [6.45, 7) is 0. The Balaban J connectivity index is 1.26. The average molecular weight is 574 g/mol. The third kappa shape index (κ3) is 4.13. The summed E-state index contributed by atoms with van der Waals surface area (Å²) in [4.78, 5) is 9.24. The van der Waals surface area contributed by atoms with Gasteiger partial charge in [0.1, 0.15) is 5.82 Å². The van der Waals surface area contributed by atoms with Crippen LogP contribution in [0.4, 0.5) is 0 Å². The standard InChI is InChI=1S/C42H27N3/c1-2-10-31-27-32(18-17-28(31)9-1)41-36-13-5-3-11-34(36)40(35-12-4-6-14-37(35)41)29-19-21-33(22-20-29)45-39-16-8-7-15-38(39)44-42(45)30-23-25-43-26-24-30/h1-27H. The fourth-order valence-corrected chi connectivity index (χ4v) is 6.85. The number of fused-ring (bicyclic) bond motifs is 4. The van der Waals surface area contributed by atoms with Crippen molar-refractivity contribution in [3.8, 4) is 39.3 Å². The van der Waals surface area contributed by atoms with E-state index in [1.165, 1.54) is 54.6 Å². The van der Waals surface area contributed by atoms with Crippen LogP contribution >= 0.6 is 0 Å². The first-order valence-electron chi connectivity index (χ1n) is 15.2. The van der Waals surface area contributed by atoms with Gasteiger partial charge in [-0.05, 0) is 97.0 Å². The Kier molecular flexibility index (Phi) is 5.82. The van der Waals surface area contributed by atoms with E-state index in [0.29, 0.717) is 0 Å². The van der Waals surface area contributed by atoms with Gasteiger partial charge in [-0.25, -0.2) is 4.98 Å². The van der Waals surface area contributed by atoms with Crippen molar-refractivity contribution in [2.24, 2.45) is 0 Å². The molecular weight excluding hydrogens is 546 g/mol. The predicted octanol–water partition coefficient (Wildman–Crippen LogP) is 10.9. The van der Waals surface area contributed by atoms with Gasteiger partial charge in [-0.1, -0.05) is 109 Å². The molecule has 2 aromatic heterocycles. The number of para-hydroxylation sites is 2. The maximum absolute atomic E-state index is 5.01. The van der Waals surface area contributed by atoms with Crippen LogP contribution in [-0.4, -0.2) is 14.5 Å². The normalized spacial score (nSPS) is 11.6. The molecule has 0 aliphatic rings. The van der Waals surface area contributed by atoms with Crippen LogP contribution in [0.5, 0.6) is 0 Å². The molecule has 2 heterocycles. The zero-order valence-corrected chi connectivity index (χ0v) is 24.4. The molecule has 9 rings (SSSR count). The van der Waals surface area contributed by atoms with Crippen LogP contribution in [-0.2, 0) is 0 Å². The summed E-state index contributed by atoms with van der Waals surface area (Å²) in [5.74, 6) is 0.905. The molecule has 0 N–H and O–H groups in total. The second kappa shape index (κ2) is 10.3. The summed E-state index contributed by atoms with van der Waals surface area (Å²) in [7, 11) is 0. The van der Waals surface area contributed by atoms with E-state index in [-0.39, 0.29) is 0 Å². The van der Waals surface area contributed by atoms with Gasteiger partial charge in [-0.3, -0.25) is 9.55 Å². The van der Waals surface area contributed by atoms with E-state index in [9.17, 15) is 0 Å². The fourth-order valence-electron chi connectivity index (χ4n) is 6.85. The van der Waals surface area contributed by atoms with E-state index in [0.717, 1.165) is 28.1 Å². The number of nitrogens with zero attached hydrogens (tertiary/aromatic N) is 3. The molecule has 0 radical (unpaired) electrons. The van der Waals surface area contributed by atoms with Crippen LogP contribution in [0.25, 0.3) is 82.7 Å². The van der Waals surface area contributed by atoms with E-state index < -0.39 is 0 Å². The number of imidazole rings is 1. The summed E-state index contributed by atoms with van der Waals surface area (Å²) < 4.78 is 2.24. The van der Waals surface area contributed by atoms with E-state index in [1.54, 1.807) is 0 Å². The Labute approximate surface area is 260 Å². The molecule has 0 fully saturated rings. The lowest BCUT2D eigenvalue weighted by Gasteiger charge is -2.18. The lowest BCUT2D eigenvalue weighted by Crippen LogP contribution is -1.98. The Hall–Kier alpha value is -6.06. The third-order valence-electron chi connectivity index (χ3n) is 8.88. The number of benzene rings is 7. The van der Waals surface area contributed by atoms with Gasteiger partial charge in [-0.2, -0.15) is 0 Å².